The van der Waals surface area contributed by atoms with Crippen LogP contribution in [0.3, 0.4) is 0 Å². The van der Waals surface area contributed by atoms with Gasteiger partial charge in [0.1, 0.15) is 11.3 Å². The van der Waals surface area contributed by atoms with Gasteiger partial charge in [-0.3, -0.25) is 4.79 Å². The molecule has 0 saturated carbocycles. The van der Waals surface area contributed by atoms with E-state index in [4.69, 9.17) is 4.74 Å². The van der Waals surface area contributed by atoms with Crippen LogP contribution in [0, 0.1) is 5.82 Å². The molecule has 120 valence electrons. The molecule has 1 heterocycles. The van der Waals surface area contributed by atoms with Crippen molar-refractivity contribution in [2.24, 2.45) is 0 Å². The van der Waals surface area contributed by atoms with Crippen molar-refractivity contribution >= 4 is 22.9 Å². The van der Waals surface area contributed by atoms with Crippen LogP contribution in [0.5, 0.6) is 0 Å². The fraction of sp³-hybridized carbons (Fsp3) is 0.0588. The van der Waals surface area contributed by atoms with E-state index in [0.717, 1.165) is 10.8 Å². The molecule has 0 fully saturated rings. The molecule has 3 rings (SSSR count). The number of nitrogens with zero attached hydrogens (tertiary/aromatic N) is 3. The molecule has 1 aromatic heterocycles. The standard InChI is InChI=1S/C17H12FN3O3/c18-13-5-3-4-12(10-13)8-9-16(22)24-11-21-17(23)14-6-1-2-7-15(14)19-20-21/h1-10H,11H2/b9-8+. The Bertz CT molecular complexity index is 982. The molecule has 7 heteroatoms. The number of aromatic nitrogens is 3. The van der Waals surface area contributed by atoms with E-state index in [1.807, 2.05) is 0 Å². The Morgan fingerprint density at radius 3 is 2.88 bits per heavy atom. The van der Waals surface area contributed by atoms with E-state index in [1.165, 1.54) is 24.3 Å². The lowest BCUT2D eigenvalue weighted by molar-refractivity contribution is -0.141. The summed E-state index contributed by atoms with van der Waals surface area (Å²) in [4.78, 5) is 23.9. The lowest BCUT2D eigenvalue weighted by atomic mass is 10.2. The third kappa shape index (κ3) is 3.52. The number of esters is 1. The number of carbonyl (C=O) groups excluding carboxylic acids is 1. The molecule has 0 atom stereocenters. The van der Waals surface area contributed by atoms with Crippen LogP contribution in [0.2, 0.25) is 0 Å². The van der Waals surface area contributed by atoms with Crippen LogP contribution in [0.15, 0.2) is 59.4 Å². The van der Waals surface area contributed by atoms with Crippen molar-refractivity contribution in [3.63, 3.8) is 0 Å². The van der Waals surface area contributed by atoms with Crippen LogP contribution in [0.1, 0.15) is 5.56 Å². The number of carbonyl (C=O) groups is 1. The van der Waals surface area contributed by atoms with Crippen molar-refractivity contribution in [2.75, 3.05) is 0 Å². The molecule has 0 radical (unpaired) electrons. The molecule has 0 aliphatic heterocycles. The molecule has 0 spiro atoms. The predicted molar refractivity (Wildman–Crippen MR) is 85.3 cm³/mol. The highest BCUT2D eigenvalue weighted by atomic mass is 19.1. The third-order valence-corrected chi connectivity index (χ3v) is 3.22. The monoisotopic (exact) mass is 325 g/mol. The summed E-state index contributed by atoms with van der Waals surface area (Å²) in [6.07, 6.45) is 2.56. The highest BCUT2D eigenvalue weighted by Gasteiger charge is 2.06. The van der Waals surface area contributed by atoms with E-state index in [1.54, 1.807) is 30.3 Å². The molecular weight excluding hydrogens is 313 g/mol. The van der Waals surface area contributed by atoms with E-state index < -0.39 is 17.3 Å². The molecule has 0 N–H and O–H groups in total. The Kier molecular flexibility index (Phi) is 4.42. The highest BCUT2D eigenvalue weighted by molar-refractivity contribution is 5.86. The van der Waals surface area contributed by atoms with Crippen LogP contribution < -0.4 is 5.56 Å². The number of hydrogen-bond acceptors (Lipinski definition) is 5. The summed E-state index contributed by atoms with van der Waals surface area (Å²) in [6, 6.07) is 12.5. The van der Waals surface area contributed by atoms with Crippen molar-refractivity contribution in [3.05, 3.63) is 76.3 Å². The number of ether oxygens (including phenoxy) is 1. The van der Waals surface area contributed by atoms with E-state index in [2.05, 4.69) is 10.3 Å². The molecule has 24 heavy (non-hydrogen) atoms. The molecule has 0 aliphatic carbocycles. The molecule has 0 aliphatic rings. The van der Waals surface area contributed by atoms with E-state index in [9.17, 15) is 14.0 Å². The predicted octanol–water partition coefficient (Wildman–Crippen LogP) is 2.14. The van der Waals surface area contributed by atoms with Gasteiger partial charge in [-0.05, 0) is 35.9 Å². The molecule has 0 saturated heterocycles. The van der Waals surface area contributed by atoms with Gasteiger partial charge in [0.15, 0.2) is 6.73 Å². The van der Waals surface area contributed by atoms with Gasteiger partial charge in [-0.2, -0.15) is 4.68 Å². The minimum Gasteiger partial charge on any atom is -0.439 e. The smallest absolute Gasteiger partial charge is 0.332 e. The number of rotatable bonds is 4. The summed E-state index contributed by atoms with van der Waals surface area (Å²) < 4.78 is 18.9. The normalized spacial score (nSPS) is 11.0. The van der Waals surface area contributed by atoms with Crippen molar-refractivity contribution < 1.29 is 13.9 Å². The summed E-state index contributed by atoms with van der Waals surface area (Å²) in [5.41, 5.74) is 0.591. The summed E-state index contributed by atoms with van der Waals surface area (Å²) in [5, 5.41) is 7.98. The fourth-order valence-corrected chi connectivity index (χ4v) is 2.06. The van der Waals surface area contributed by atoms with Crippen molar-refractivity contribution in [3.8, 4) is 0 Å². The zero-order valence-electron chi connectivity index (χ0n) is 12.4. The Morgan fingerprint density at radius 1 is 1.21 bits per heavy atom. The van der Waals surface area contributed by atoms with Gasteiger partial charge in [0.25, 0.3) is 5.56 Å². The van der Waals surface area contributed by atoms with Crippen LogP contribution in [0.4, 0.5) is 4.39 Å². The first-order chi connectivity index (χ1) is 11.6. The molecule has 0 bridgehead atoms. The largest absolute Gasteiger partial charge is 0.439 e. The third-order valence-electron chi connectivity index (χ3n) is 3.22. The van der Waals surface area contributed by atoms with E-state index >= 15 is 0 Å². The van der Waals surface area contributed by atoms with Crippen LogP contribution >= 0.6 is 0 Å². The topological polar surface area (TPSA) is 74.1 Å². The summed E-state index contributed by atoms with van der Waals surface area (Å²) in [5.74, 6) is -1.08. The average Bonchev–Trinajstić information content (AvgIpc) is 2.60. The zero-order chi connectivity index (χ0) is 16.9. The minimum absolute atomic E-state index is 0.358. The van der Waals surface area contributed by atoms with Gasteiger partial charge in [0.2, 0.25) is 0 Å². The quantitative estimate of drug-likeness (QED) is 0.543. The SMILES string of the molecule is O=C(/C=C/c1cccc(F)c1)OCn1nnc2ccccc2c1=O. The molecule has 3 aromatic rings. The van der Waals surface area contributed by atoms with E-state index in [0.29, 0.717) is 16.5 Å². The van der Waals surface area contributed by atoms with Crippen LogP contribution in [0.25, 0.3) is 17.0 Å². The Labute approximate surface area is 135 Å². The second kappa shape index (κ2) is 6.82. The van der Waals surface area contributed by atoms with Crippen LogP contribution in [-0.2, 0) is 16.3 Å². The summed E-state index contributed by atoms with van der Waals surface area (Å²) in [6.45, 7) is -0.358. The first kappa shape index (κ1) is 15.5. The highest BCUT2D eigenvalue weighted by Crippen LogP contribution is 2.06. The first-order valence-electron chi connectivity index (χ1n) is 7.06. The number of hydrogen-bond donors (Lipinski definition) is 0. The Balaban J connectivity index is 1.68. The lowest BCUT2D eigenvalue weighted by Gasteiger charge is -2.04. The van der Waals surface area contributed by atoms with Gasteiger partial charge in [-0.1, -0.05) is 29.5 Å². The summed E-state index contributed by atoms with van der Waals surface area (Å²) >= 11 is 0. The van der Waals surface area contributed by atoms with Gasteiger partial charge in [-0.25, -0.2) is 9.18 Å². The Hall–Kier alpha value is -3.35. The minimum atomic E-state index is -0.680. The van der Waals surface area contributed by atoms with Gasteiger partial charge in [0.05, 0.1) is 5.39 Å². The van der Waals surface area contributed by atoms with Crippen LogP contribution in [-0.4, -0.2) is 21.0 Å². The van der Waals surface area contributed by atoms with Gasteiger partial charge >= 0.3 is 5.97 Å². The first-order valence-corrected chi connectivity index (χ1v) is 7.06. The lowest BCUT2D eigenvalue weighted by Crippen LogP contribution is -2.26. The summed E-state index contributed by atoms with van der Waals surface area (Å²) in [7, 11) is 0. The van der Waals surface area contributed by atoms with Crippen molar-refractivity contribution in [1.29, 1.82) is 0 Å². The zero-order valence-corrected chi connectivity index (χ0v) is 12.4. The maximum atomic E-state index is 13.0. The number of halogens is 1. The van der Waals surface area contributed by atoms with Crippen molar-refractivity contribution in [1.82, 2.24) is 15.0 Å². The van der Waals surface area contributed by atoms with Gasteiger partial charge in [0, 0.05) is 6.08 Å². The fourth-order valence-electron chi connectivity index (χ4n) is 2.06. The molecule has 2 aromatic carbocycles. The van der Waals surface area contributed by atoms with Crippen molar-refractivity contribution in [2.45, 2.75) is 6.73 Å². The van der Waals surface area contributed by atoms with E-state index in [-0.39, 0.29) is 6.73 Å². The molecule has 0 amide bonds. The van der Waals surface area contributed by atoms with Gasteiger partial charge < -0.3 is 4.74 Å². The number of fused-ring (bicyclic) bond motifs is 1. The maximum absolute atomic E-state index is 13.0. The molecule has 6 nitrogen and oxygen atoms in total. The molecular formula is C17H12FN3O3. The second-order valence-electron chi connectivity index (χ2n) is 4.89. The van der Waals surface area contributed by atoms with Gasteiger partial charge in [-0.15, -0.1) is 5.10 Å². The number of benzene rings is 2. The Morgan fingerprint density at radius 2 is 2.04 bits per heavy atom. The average molecular weight is 325 g/mol. The molecule has 0 unspecified atom stereocenters. The second-order valence-corrected chi connectivity index (χ2v) is 4.89. The maximum Gasteiger partial charge on any atom is 0.332 e.